The number of aromatic nitrogens is 1. The van der Waals surface area contributed by atoms with Crippen molar-refractivity contribution < 1.29 is 0 Å². The Labute approximate surface area is 280 Å². The molecule has 0 radical (unpaired) electrons. The van der Waals surface area contributed by atoms with Crippen LogP contribution < -0.4 is 0 Å². The van der Waals surface area contributed by atoms with Gasteiger partial charge in [-0.05, 0) is 72.8 Å². The molecule has 48 heavy (non-hydrogen) atoms. The van der Waals surface area contributed by atoms with Crippen molar-refractivity contribution in [3.63, 3.8) is 0 Å². The summed E-state index contributed by atoms with van der Waals surface area (Å²) in [6.07, 6.45) is 2.49. The summed E-state index contributed by atoms with van der Waals surface area (Å²) < 4.78 is 0. The van der Waals surface area contributed by atoms with Crippen LogP contribution in [0.2, 0.25) is 0 Å². The zero-order chi connectivity index (χ0) is 31.6. The van der Waals surface area contributed by atoms with Crippen LogP contribution >= 0.6 is 0 Å². The van der Waals surface area contributed by atoms with Gasteiger partial charge in [-0.15, -0.1) is 0 Å². The van der Waals surface area contributed by atoms with Gasteiger partial charge in [0.25, 0.3) is 0 Å². The second-order valence-electron chi connectivity index (χ2n) is 13.0. The van der Waals surface area contributed by atoms with Gasteiger partial charge in [-0.1, -0.05) is 164 Å². The fourth-order valence-corrected chi connectivity index (χ4v) is 8.34. The Hall–Kier alpha value is -6.05. The number of nitrogens with zero attached hydrogens (tertiary/aromatic N) is 1. The van der Waals surface area contributed by atoms with Crippen LogP contribution in [0.1, 0.15) is 39.7 Å². The molecule has 10 rings (SSSR count). The van der Waals surface area contributed by atoms with Crippen molar-refractivity contribution in [2.75, 3.05) is 0 Å². The molecule has 224 valence electrons. The third-order valence-corrected chi connectivity index (χ3v) is 10.5. The number of pyridine rings is 1. The Balaban J connectivity index is 1.16. The van der Waals surface area contributed by atoms with Crippen molar-refractivity contribution in [2.45, 2.75) is 11.8 Å². The number of hydrogen-bond acceptors (Lipinski definition) is 1. The molecule has 7 aromatic carbocycles. The van der Waals surface area contributed by atoms with Crippen molar-refractivity contribution in [1.29, 1.82) is 0 Å². The van der Waals surface area contributed by atoms with E-state index in [2.05, 4.69) is 176 Å². The van der Waals surface area contributed by atoms with Crippen LogP contribution in [0, 0.1) is 0 Å². The van der Waals surface area contributed by atoms with E-state index in [4.69, 9.17) is 4.98 Å². The van der Waals surface area contributed by atoms with Gasteiger partial charge < -0.3 is 0 Å². The first kappa shape index (κ1) is 27.1. The number of allylic oxidation sites excluding steroid dienone is 4. The topological polar surface area (TPSA) is 12.9 Å². The maximum atomic E-state index is 5.20. The van der Waals surface area contributed by atoms with Gasteiger partial charge in [0.05, 0.1) is 11.2 Å². The third-order valence-electron chi connectivity index (χ3n) is 10.5. The molecule has 1 aromatic heterocycles. The zero-order valence-electron chi connectivity index (χ0n) is 26.3. The van der Waals surface area contributed by atoms with E-state index in [0.29, 0.717) is 0 Å². The molecular weight excluding hydrogens is 579 g/mol. The van der Waals surface area contributed by atoms with Gasteiger partial charge in [0, 0.05) is 28.2 Å². The fraction of sp³-hybridized carbons (Fsp3) is 0.0426. The molecule has 0 N–H and O–H groups in total. The molecule has 8 aromatic rings. The van der Waals surface area contributed by atoms with Gasteiger partial charge >= 0.3 is 0 Å². The first-order valence-electron chi connectivity index (χ1n) is 16.8. The summed E-state index contributed by atoms with van der Waals surface area (Å²) >= 11 is 0. The van der Waals surface area contributed by atoms with Crippen LogP contribution in [-0.4, -0.2) is 4.98 Å². The Kier molecular flexibility index (Phi) is 6.07. The van der Waals surface area contributed by atoms with Gasteiger partial charge in [-0.25, -0.2) is 4.98 Å². The number of hydrogen-bond donors (Lipinski definition) is 0. The molecule has 0 fully saturated rings. The van der Waals surface area contributed by atoms with Crippen molar-refractivity contribution >= 4 is 49.2 Å². The molecule has 0 spiro atoms. The monoisotopic (exact) mass is 609 g/mol. The van der Waals surface area contributed by atoms with E-state index in [1.807, 2.05) is 0 Å². The first-order chi connectivity index (χ1) is 23.8. The Morgan fingerprint density at radius 1 is 0.438 bits per heavy atom. The quantitative estimate of drug-likeness (QED) is 0.181. The highest BCUT2D eigenvalue weighted by molar-refractivity contribution is 6.15. The Bertz CT molecular complexity index is 2590. The Morgan fingerprint density at radius 2 is 1.10 bits per heavy atom. The molecule has 0 aliphatic heterocycles. The van der Waals surface area contributed by atoms with Gasteiger partial charge in [0.15, 0.2) is 0 Å². The second-order valence-corrected chi connectivity index (χ2v) is 13.0. The van der Waals surface area contributed by atoms with Crippen molar-refractivity contribution in [3.8, 4) is 11.3 Å². The van der Waals surface area contributed by atoms with Crippen molar-refractivity contribution in [1.82, 2.24) is 4.98 Å². The van der Waals surface area contributed by atoms with E-state index in [1.165, 1.54) is 66.1 Å². The van der Waals surface area contributed by atoms with E-state index in [9.17, 15) is 0 Å². The highest BCUT2D eigenvalue weighted by Crippen LogP contribution is 2.61. The average molecular weight is 610 g/mol. The van der Waals surface area contributed by atoms with E-state index in [-0.39, 0.29) is 11.8 Å². The normalized spacial score (nSPS) is 16.8. The van der Waals surface area contributed by atoms with E-state index in [0.717, 1.165) is 22.2 Å². The zero-order valence-corrected chi connectivity index (χ0v) is 26.3. The van der Waals surface area contributed by atoms with Gasteiger partial charge in [-0.2, -0.15) is 0 Å². The molecule has 2 unspecified atom stereocenters. The molecule has 1 nitrogen and oxygen atoms in total. The lowest BCUT2D eigenvalue weighted by Gasteiger charge is -2.35. The summed E-state index contributed by atoms with van der Waals surface area (Å²) in [4.78, 5) is 5.20. The summed E-state index contributed by atoms with van der Waals surface area (Å²) in [6.45, 7) is 0. The highest BCUT2D eigenvalue weighted by Gasteiger charge is 2.42. The predicted molar refractivity (Wildman–Crippen MR) is 202 cm³/mol. The third kappa shape index (κ3) is 4.14. The van der Waals surface area contributed by atoms with E-state index >= 15 is 0 Å². The van der Waals surface area contributed by atoms with Gasteiger partial charge in [0.1, 0.15) is 0 Å². The fourth-order valence-electron chi connectivity index (χ4n) is 8.34. The van der Waals surface area contributed by atoms with E-state index in [1.54, 1.807) is 0 Å². The lowest BCUT2D eigenvalue weighted by Crippen LogP contribution is -2.17. The van der Waals surface area contributed by atoms with Crippen LogP contribution in [0.5, 0.6) is 0 Å². The van der Waals surface area contributed by atoms with Gasteiger partial charge in [-0.3, -0.25) is 0 Å². The largest absolute Gasteiger partial charge is 0.247 e. The lowest BCUT2D eigenvalue weighted by molar-refractivity contribution is 0.780. The summed E-state index contributed by atoms with van der Waals surface area (Å²) in [5, 5.41) is 6.28. The maximum Gasteiger partial charge on any atom is 0.0787 e. The lowest BCUT2D eigenvalue weighted by atomic mass is 9.68. The van der Waals surface area contributed by atoms with Crippen molar-refractivity contribution in [3.05, 3.63) is 204 Å². The smallest absolute Gasteiger partial charge is 0.0787 e. The summed E-state index contributed by atoms with van der Waals surface area (Å²) in [7, 11) is 0. The SMILES string of the molecule is C1=C(c2ccc(-c3ccc4ccc5ccccc5c4n3)cc2)C(c2ccccc2)C2C(=C1c1ccccc1)c1cccc3cccc2c13. The molecule has 0 saturated heterocycles. The van der Waals surface area contributed by atoms with Crippen LogP contribution in [0.25, 0.3) is 60.4 Å². The molecule has 2 atom stereocenters. The van der Waals surface area contributed by atoms with Crippen LogP contribution in [0.4, 0.5) is 0 Å². The molecule has 0 saturated carbocycles. The molecule has 2 aliphatic rings. The first-order valence-corrected chi connectivity index (χ1v) is 16.8. The molecule has 1 heteroatoms. The Morgan fingerprint density at radius 3 is 1.94 bits per heavy atom. The van der Waals surface area contributed by atoms with Crippen molar-refractivity contribution in [2.24, 2.45) is 0 Å². The minimum absolute atomic E-state index is 0.169. The number of rotatable bonds is 4. The minimum atomic E-state index is 0.169. The molecular formula is C47H31N. The molecule has 0 bridgehead atoms. The van der Waals surface area contributed by atoms with Gasteiger partial charge in [0.2, 0.25) is 0 Å². The predicted octanol–water partition coefficient (Wildman–Crippen LogP) is 12.1. The molecule has 2 aliphatic carbocycles. The molecule has 1 heterocycles. The number of fused-ring (bicyclic) bond motifs is 6. The van der Waals surface area contributed by atoms with Crippen LogP contribution in [0.3, 0.4) is 0 Å². The summed E-state index contributed by atoms with van der Waals surface area (Å²) in [5.74, 6) is 0.376. The summed E-state index contributed by atoms with van der Waals surface area (Å²) in [6, 6.07) is 62.1. The average Bonchev–Trinajstić information content (AvgIpc) is 3.50. The standard InChI is InChI=1S/C47H31N/c1-3-11-30(12-4-1)41-29-40(32-21-24-33(25-22-32)42-28-27-36-26-23-31-13-7-8-18-37(31)47(36)48-42)44(35-14-5-2-6-15-35)46-39-20-10-17-34-16-9-19-38(43(34)39)45(41)46/h1-29,44,46H. The number of benzene rings is 7. The summed E-state index contributed by atoms with van der Waals surface area (Å²) in [5.41, 5.74) is 13.9. The highest BCUT2D eigenvalue weighted by atomic mass is 14.7. The van der Waals surface area contributed by atoms with Crippen LogP contribution in [0.15, 0.2) is 176 Å². The molecule has 0 amide bonds. The minimum Gasteiger partial charge on any atom is -0.247 e. The maximum absolute atomic E-state index is 5.20. The van der Waals surface area contributed by atoms with E-state index < -0.39 is 0 Å². The second kappa shape index (κ2) is 10.8. The van der Waals surface area contributed by atoms with Crippen LogP contribution in [-0.2, 0) is 0 Å².